The molecule has 0 aliphatic carbocycles. The molecule has 0 N–H and O–H groups in total. The molecule has 0 saturated heterocycles. The van der Waals surface area contributed by atoms with E-state index in [1.165, 1.54) is 0 Å². The van der Waals surface area contributed by atoms with Crippen LogP contribution in [0, 0.1) is 0 Å². The highest BCUT2D eigenvalue weighted by Gasteiger charge is 2.09. The van der Waals surface area contributed by atoms with E-state index in [4.69, 9.17) is 0 Å². The molecule has 0 unspecified atom stereocenters. The topological polar surface area (TPSA) is 43.4 Å². The molecule has 0 aliphatic heterocycles. The minimum absolute atomic E-state index is 0.00286. The summed E-state index contributed by atoms with van der Waals surface area (Å²) in [5.41, 5.74) is 0. The minimum atomic E-state index is -0.397. The van der Waals surface area contributed by atoms with Gasteiger partial charge in [0.05, 0.1) is 6.61 Å². The van der Waals surface area contributed by atoms with Crippen molar-refractivity contribution in [3.05, 3.63) is 0 Å². The predicted molar refractivity (Wildman–Crippen MR) is 63.6 cm³/mol. The lowest BCUT2D eigenvalue weighted by Crippen LogP contribution is -2.10. The number of hydrogen-bond donors (Lipinski definition) is 0. The van der Waals surface area contributed by atoms with Gasteiger partial charge in [0.15, 0.2) is 0 Å². The van der Waals surface area contributed by atoms with Gasteiger partial charge in [0.2, 0.25) is 0 Å². The second kappa shape index (κ2) is 9.43. The second-order valence-electron chi connectivity index (χ2n) is 3.02. The quantitative estimate of drug-likeness (QED) is 0.227. The number of esters is 1. The Morgan fingerprint density at radius 1 is 1.21 bits per heavy atom. The van der Waals surface area contributed by atoms with Gasteiger partial charge in [-0.1, -0.05) is 29.0 Å². The Hall–Kier alpha value is -0.130. The third-order valence-corrected chi connectivity index (χ3v) is 2.50. The monoisotopic (exact) mass is 312 g/mol. The Morgan fingerprint density at radius 3 is 2.50 bits per heavy atom. The van der Waals surface area contributed by atoms with E-state index in [0.717, 1.165) is 23.7 Å². The van der Waals surface area contributed by atoms with Gasteiger partial charge in [-0.25, -0.2) is 0 Å². The first-order valence-corrected chi connectivity index (χ1v) is 6.46. The van der Waals surface area contributed by atoms with Gasteiger partial charge in [-0.05, 0) is 24.2 Å². The summed E-state index contributed by atoms with van der Waals surface area (Å²) in [4.78, 5) is 22.1. The molecule has 0 saturated carbocycles. The highest BCUT2D eigenvalue weighted by molar-refractivity contribution is 14.1. The molecule has 3 nitrogen and oxygen atoms in total. The van der Waals surface area contributed by atoms with Gasteiger partial charge in [0, 0.05) is 6.42 Å². The largest absolute Gasteiger partial charge is 0.466 e. The molecular weight excluding hydrogens is 295 g/mol. The maximum absolute atomic E-state index is 11.2. The van der Waals surface area contributed by atoms with Gasteiger partial charge in [-0.3, -0.25) is 9.59 Å². The summed E-state index contributed by atoms with van der Waals surface area (Å²) in [7, 11) is 0. The van der Waals surface area contributed by atoms with Crippen molar-refractivity contribution in [3.8, 4) is 0 Å². The molecule has 0 spiro atoms. The van der Waals surface area contributed by atoms with Crippen LogP contribution in [-0.2, 0) is 14.3 Å². The Labute approximate surface area is 98.7 Å². The van der Waals surface area contributed by atoms with E-state index >= 15 is 0 Å². The van der Waals surface area contributed by atoms with Crippen molar-refractivity contribution in [2.45, 2.75) is 39.0 Å². The van der Waals surface area contributed by atoms with E-state index in [0.29, 0.717) is 13.0 Å². The molecule has 0 aromatic heterocycles. The van der Waals surface area contributed by atoms with Crippen molar-refractivity contribution in [1.82, 2.24) is 0 Å². The van der Waals surface area contributed by atoms with Crippen LogP contribution in [-0.4, -0.2) is 22.8 Å². The normalized spacial score (nSPS) is 9.86. The average Bonchev–Trinajstić information content (AvgIpc) is 2.13. The van der Waals surface area contributed by atoms with Crippen LogP contribution < -0.4 is 0 Å². The van der Waals surface area contributed by atoms with Crippen molar-refractivity contribution in [2.24, 2.45) is 0 Å². The van der Waals surface area contributed by atoms with Crippen LogP contribution >= 0.6 is 22.6 Å². The first kappa shape index (κ1) is 13.9. The molecule has 82 valence electrons. The summed E-state index contributed by atoms with van der Waals surface area (Å²) < 4.78 is 5.81. The number of unbranched alkanes of at least 4 members (excludes halogenated alkanes) is 2. The van der Waals surface area contributed by atoms with Crippen LogP contribution in [0.1, 0.15) is 39.0 Å². The van der Waals surface area contributed by atoms with Crippen molar-refractivity contribution >= 4 is 34.3 Å². The van der Waals surface area contributed by atoms with E-state index in [9.17, 15) is 9.59 Å². The van der Waals surface area contributed by atoms with Crippen molar-refractivity contribution < 1.29 is 14.3 Å². The Kier molecular flexibility index (Phi) is 9.34. The van der Waals surface area contributed by atoms with Gasteiger partial charge in [-0.2, -0.15) is 0 Å². The Morgan fingerprint density at radius 2 is 1.93 bits per heavy atom. The zero-order chi connectivity index (χ0) is 10.8. The SMILES string of the molecule is CCOC(=O)CC(=O)CCCCCI. The molecule has 0 atom stereocenters. The smallest absolute Gasteiger partial charge is 0.313 e. The molecule has 0 amide bonds. The Bertz CT molecular complexity index is 180. The van der Waals surface area contributed by atoms with Gasteiger partial charge in [-0.15, -0.1) is 0 Å². The molecule has 4 heteroatoms. The van der Waals surface area contributed by atoms with Gasteiger partial charge in [0.1, 0.15) is 12.2 Å². The van der Waals surface area contributed by atoms with Crippen LogP contribution in [0.5, 0.6) is 0 Å². The fraction of sp³-hybridized carbons (Fsp3) is 0.800. The number of ketones is 1. The molecule has 14 heavy (non-hydrogen) atoms. The van der Waals surface area contributed by atoms with Crippen LogP contribution in [0.3, 0.4) is 0 Å². The molecule has 0 radical (unpaired) electrons. The second-order valence-corrected chi connectivity index (χ2v) is 4.10. The van der Waals surface area contributed by atoms with Crippen LogP contribution in [0.4, 0.5) is 0 Å². The predicted octanol–water partition coefficient (Wildman–Crippen LogP) is 2.50. The fourth-order valence-corrected chi connectivity index (χ4v) is 1.59. The summed E-state index contributed by atoms with van der Waals surface area (Å²) in [5.74, 6) is -0.400. The van der Waals surface area contributed by atoms with E-state index in [1.54, 1.807) is 6.92 Å². The van der Waals surface area contributed by atoms with Gasteiger partial charge >= 0.3 is 5.97 Å². The number of halogens is 1. The van der Waals surface area contributed by atoms with E-state index in [-0.39, 0.29) is 12.2 Å². The average molecular weight is 312 g/mol. The van der Waals surface area contributed by atoms with Crippen LogP contribution in [0.25, 0.3) is 0 Å². The van der Waals surface area contributed by atoms with E-state index in [1.807, 2.05) is 0 Å². The summed E-state index contributed by atoms with van der Waals surface area (Å²) >= 11 is 2.32. The molecule has 0 aromatic rings. The lowest BCUT2D eigenvalue weighted by molar-refractivity contribution is -0.145. The van der Waals surface area contributed by atoms with E-state index < -0.39 is 5.97 Å². The molecular formula is C10H17IO3. The Balaban J connectivity index is 3.40. The first-order valence-electron chi connectivity index (χ1n) is 4.94. The maximum atomic E-state index is 11.2. The molecule has 0 rings (SSSR count). The molecule has 0 fully saturated rings. The standard InChI is InChI=1S/C10H17IO3/c1-2-14-10(13)8-9(12)6-4-3-5-7-11/h2-8H2,1H3. The summed E-state index contributed by atoms with van der Waals surface area (Å²) in [6.45, 7) is 2.09. The number of carbonyl (C=O) groups excluding carboxylic acids is 2. The lowest BCUT2D eigenvalue weighted by atomic mass is 10.1. The van der Waals surface area contributed by atoms with Crippen LogP contribution in [0.2, 0.25) is 0 Å². The summed E-state index contributed by atoms with van der Waals surface area (Å²) in [6, 6.07) is 0. The molecule has 0 bridgehead atoms. The maximum Gasteiger partial charge on any atom is 0.313 e. The lowest BCUT2D eigenvalue weighted by Gasteiger charge is -2.01. The summed E-state index contributed by atoms with van der Waals surface area (Å²) in [5, 5.41) is 0. The zero-order valence-electron chi connectivity index (χ0n) is 8.55. The third-order valence-electron chi connectivity index (χ3n) is 1.74. The van der Waals surface area contributed by atoms with Crippen molar-refractivity contribution in [3.63, 3.8) is 0 Å². The zero-order valence-corrected chi connectivity index (χ0v) is 10.7. The third kappa shape index (κ3) is 8.47. The highest BCUT2D eigenvalue weighted by Crippen LogP contribution is 2.04. The number of alkyl halides is 1. The molecule has 0 aliphatic rings. The van der Waals surface area contributed by atoms with Crippen molar-refractivity contribution in [2.75, 3.05) is 11.0 Å². The molecule has 0 heterocycles. The number of hydrogen-bond acceptors (Lipinski definition) is 3. The first-order chi connectivity index (χ1) is 6.70. The van der Waals surface area contributed by atoms with Gasteiger partial charge in [0.25, 0.3) is 0 Å². The number of carbonyl (C=O) groups is 2. The van der Waals surface area contributed by atoms with E-state index in [2.05, 4.69) is 27.3 Å². The number of Topliss-reactive ketones (excluding diaryl/α,β-unsaturated/α-hetero) is 1. The summed E-state index contributed by atoms with van der Waals surface area (Å²) in [6.07, 6.45) is 3.56. The fourth-order valence-electron chi connectivity index (χ4n) is 1.05. The number of ether oxygens (including phenoxy) is 1. The van der Waals surface area contributed by atoms with Gasteiger partial charge < -0.3 is 4.74 Å². The van der Waals surface area contributed by atoms with Crippen molar-refractivity contribution in [1.29, 1.82) is 0 Å². The molecule has 0 aromatic carbocycles. The van der Waals surface area contributed by atoms with Crippen LogP contribution in [0.15, 0.2) is 0 Å². The number of rotatable bonds is 8. The highest BCUT2D eigenvalue weighted by atomic mass is 127. The minimum Gasteiger partial charge on any atom is -0.466 e.